The first-order valence-corrected chi connectivity index (χ1v) is 5.32. The van der Waals surface area contributed by atoms with E-state index in [1.54, 1.807) is 11.3 Å². The number of rotatable bonds is 4. The molecule has 72 valence electrons. The Kier molecular flexibility index (Phi) is 3.63. The summed E-state index contributed by atoms with van der Waals surface area (Å²) in [7, 11) is 0. The zero-order chi connectivity index (χ0) is 9.84. The minimum absolute atomic E-state index is 0.304. The summed E-state index contributed by atoms with van der Waals surface area (Å²) in [6.45, 7) is 9.96. The summed E-state index contributed by atoms with van der Waals surface area (Å²) in [6, 6.07) is 0.634. The van der Waals surface area contributed by atoms with Gasteiger partial charge in [-0.1, -0.05) is 6.08 Å². The first kappa shape index (κ1) is 10.4. The van der Waals surface area contributed by atoms with Crippen LogP contribution in [0, 0.1) is 6.92 Å². The molecule has 3 heteroatoms. The zero-order valence-electron chi connectivity index (χ0n) is 8.37. The molecule has 2 unspecified atom stereocenters. The molecular weight excluding hydrogens is 180 g/mol. The predicted molar refractivity (Wildman–Crippen MR) is 58.1 cm³/mol. The van der Waals surface area contributed by atoms with Gasteiger partial charge in [0.05, 0.1) is 10.7 Å². The van der Waals surface area contributed by atoms with Gasteiger partial charge in [0, 0.05) is 17.5 Å². The highest BCUT2D eigenvalue weighted by Gasteiger charge is 2.09. The number of nitrogens with one attached hydrogen (secondary N) is 1. The van der Waals surface area contributed by atoms with Crippen molar-refractivity contribution in [2.75, 3.05) is 0 Å². The molecule has 1 N–H and O–H groups in total. The van der Waals surface area contributed by atoms with E-state index in [0.29, 0.717) is 12.1 Å². The van der Waals surface area contributed by atoms with Gasteiger partial charge in [-0.2, -0.15) is 0 Å². The van der Waals surface area contributed by atoms with Crippen molar-refractivity contribution in [3.05, 3.63) is 28.7 Å². The van der Waals surface area contributed by atoms with Crippen LogP contribution in [0.2, 0.25) is 0 Å². The van der Waals surface area contributed by atoms with Crippen LogP contribution in [0.4, 0.5) is 0 Å². The van der Waals surface area contributed by atoms with Gasteiger partial charge in [-0.3, -0.25) is 0 Å². The lowest BCUT2D eigenvalue weighted by atomic mass is 10.2. The van der Waals surface area contributed by atoms with Crippen LogP contribution in [-0.4, -0.2) is 11.0 Å². The summed E-state index contributed by atoms with van der Waals surface area (Å²) >= 11 is 1.69. The Morgan fingerprint density at radius 2 is 2.31 bits per heavy atom. The molecule has 0 aliphatic rings. The third kappa shape index (κ3) is 2.94. The van der Waals surface area contributed by atoms with Crippen molar-refractivity contribution in [2.45, 2.75) is 32.9 Å². The van der Waals surface area contributed by atoms with Gasteiger partial charge in [0.2, 0.25) is 0 Å². The Morgan fingerprint density at radius 3 is 2.77 bits per heavy atom. The molecule has 0 saturated heterocycles. The van der Waals surface area contributed by atoms with E-state index in [-0.39, 0.29) is 0 Å². The van der Waals surface area contributed by atoms with Crippen molar-refractivity contribution in [3.63, 3.8) is 0 Å². The normalized spacial score (nSPS) is 15.3. The van der Waals surface area contributed by atoms with Gasteiger partial charge in [0.25, 0.3) is 0 Å². The summed E-state index contributed by atoms with van der Waals surface area (Å²) in [5.74, 6) is 0. The lowest BCUT2D eigenvalue weighted by Crippen LogP contribution is -2.27. The molecule has 1 heterocycles. The van der Waals surface area contributed by atoms with Crippen LogP contribution in [0.5, 0.6) is 0 Å². The Bertz CT molecular complexity index is 280. The second-order valence-corrected chi connectivity index (χ2v) is 4.27. The van der Waals surface area contributed by atoms with E-state index >= 15 is 0 Å². The fourth-order valence-electron chi connectivity index (χ4n) is 1.13. The van der Waals surface area contributed by atoms with Gasteiger partial charge in [-0.15, -0.1) is 17.9 Å². The molecule has 0 bridgehead atoms. The largest absolute Gasteiger partial charge is 0.303 e. The smallest absolute Gasteiger partial charge is 0.0898 e. The maximum atomic E-state index is 4.42. The van der Waals surface area contributed by atoms with Crippen molar-refractivity contribution >= 4 is 11.3 Å². The molecule has 1 aromatic rings. The average molecular weight is 196 g/mol. The Morgan fingerprint density at radius 1 is 1.62 bits per heavy atom. The number of nitrogens with zero attached hydrogens (tertiary/aromatic N) is 1. The minimum atomic E-state index is 0.304. The van der Waals surface area contributed by atoms with Crippen molar-refractivity contribution in [1.82, 2.24) is 10.3 Å². The third-order valence-electron chi connectivity index (χ3n) is 1.95. The summed E-state index contributed by atoms with van der Waals surface area (Å²) < 4.78 is 0. The zero-order valence-corrected chi connectivity index (χ0v) is 9.19. The van der Waals surface area contributed by atoms with Crippen molar-refractivity contribution in [1.29, 1.82) is 0 Å². The van der Waals surface area contributed by atoms with E-state index in [1.807, 2.05) is 13.0 Å². The highest BCUT2D eigenvalue weighted by Crippen LogP contribution is 2.15. The topological polar surface area (TPSA) is 24.9 Å². The predicted octanol–water partition coefficient (Wildman–Crippen LogP) is 2.68. The van der Waals surface area contributed by atoms with Crippen molar-refractivity contribution in [2.24, 2.45) is 0 Å². The van der Waals surface area contributed by atoms with E-state index in [9.17, 15) is 0 Å². The van der Waals surface area contributed by atoms with Crippen LogP contribution in [0.15, 0.2) is 18.0 Å². The Hall–Kier alpha value is -0.670. The van der Waals surface area contributed by atoms with E-state index in [1.165, 1.54) is 0 Å². The molecule has 0 aromatic carbocycles. The molecule has 0 fully saturated rings. The fourth-order valence-corrected chi connectivity index (χ4v) is 1.83. The minimum Gasteiger partial charge on any atom is -0.303 e. The van der Waals surface area contributed by atoms with Gasteiger partial charge in [-0.05, 0) is 20.8 Å². The highest BCUT2D eigenvalue weighted by molar-refractivity contribution is 7.09. The monoisotopic (exact) mass is 196 g/mol. The van der Waals surface area contributed by atoms with E-state index in [2.05, 4.69) is 36.1 Å². The van der Waals surface area contributed by atoms with Gasteiger partial charge >= 0.3 is 0 Å². The molecule has 0 spiro atoms. The Balaban J connectivity index is 2.57. The number of thiazole rings is 1. The van der Waals surface area contributed by atoms with Crippen molar-refractivity contribution in [3.8, 4) is 0 Å². The lowest BCUT2D eigenvalue weighted by Gasteiger charge is -2.14. The van der Waals surface area contributed by atoms with Crippen LogP contribution < -0.4 is 5.32 Å². The molecule has 13 heavy (non-hydrogen) atoms. The van der Waals surface area contributed by atoms with Gasteiger partial charge in [-0.25, -0.2) is 4.98 Å². The molecule has 2 atom stereocenters. The number of hydrogen-bond acceptors (Lipinski definition) is 3. The number of aromatic nitrogens is 1. The van der Waals surface area contributed by atoms with Gasteiger partial charge < -0.3 is 5.32 Å². The summed E-state index contributed by atoms with van der Waals surface area (Å²) in [5.41, 5.74) is 1.12. The van der Waals surface area contributed by atoms with Crippen LogP contribution in [-0.2, 0) is 0 Å². The van der Waals surface area contributed by atoms with E-state index < -0.39 is 0 Å². The fraction of sp³-hybridized carbons (Fsp3) is 0.500. The second kappa shape index (κ2) is 4.53. The average Bonchev–Trinajstić information content (AvgIpc) is 2.51. The molecule has 0 saturated carbocycles. The lowest BCUT2D eigenvalue weighted by molar-refractivity contribution is 0.528. The van der Waals surface area contributed by atoms with Crippen LogP contribution >= 0.6 is 11.3 Å². The number of aryl methyl sites for hydroxylation is 1. The summed E-state index contributed by atoms with van der Waals surface area (Å²) in [4.78, 5) is 4.42. The highest BCUT2D eigenvalue weighted by atomic mass is 32.1. The molecule has 1 rings (SSSR count). The first-order valence-electron chi connectivity index (χ1n) is 4.44. The first-order chi connectivity index (χ1) is 6.13. The number of hydrogen-bond donors (Lipinski definition) is 1. The van der Waals surface area contributed by atoms with Crippen LogP contribution in [0.1, 0.15) is 30.6 Å². The van der Waals surface area contributed by atoms with E-state index in [4.69, 9.17) is 0 Å². The van der Waals surface area contributed by atoms with Gasteiger partial charge in [0.1, 0.15) is 0 Å². The van der Waals surface area contributed by atoms with Gasteiger partial charge in [0.15, 0.2) is 0 Å². The third-order valence-corrected chi connectivity index (χ3v) is 2.74. The SMILES string of the molecule is C=CC(C)NC(C)c1csc(C)n1. The molecule has 0 aliphatic heterocycles. The molecule has 0 aliphatic carbocycles. The standard InChI is InChI=1S/C10H16N2S/c1-5-7(2)11-8(3)10-6-13-9(4)12-10/h5-8,11H,1H2,2-4H3. The molecule has 0 amide bonds. The summed E-state index contributed by atoms with van der Waals surface area (Å²) in [5, 5.41) is 6.61. The van der Waals surface area contributed by atoms with Crippen LogP contribution in [0.3, 0.4) is 0 Å². The molecular formula is C10H16N2S. The molecule has 0 radical (unpaired) electrons. The Labute approximate surface area is 83.7 Å². The maximum Gasteiger partial charge on any atom is 0.0898 e. The van der Waals surface area contributed by atoms with Crippen molar-refractivity contribution < 1.29 is 0 Å². The molecule has 1 aromatic heterocycles. The second-order valence-electron chi connectivity index (χ2n) is 3.20. The quantitative estimate of drug-likeness (QED) is 0.749. The maximum absolute atomic E-state index is 4.42. The van der Waals surface area contributed by atoms with Crippen LogP contribution in [0.25, 0.3) is 0 Å². The summed E-state index contributed by atoms with van der Waals surface area (Å²) in [6.07, 6.45) is 1.90. The molecule has 2 nitrogen and oxygen atoms in total. The van der Waals surface area contributed by atoms with E-state index in [0.717, 1.165) is 10.7 Å².